The molecule has 0 spiro atoms. The topological polar surface area (TPSA) is 35.5 Å². The Morgan fingerprint density at radius 1 is 1.46 bits per heavy atom. The van der Waals surface area contributed by atoms with Gasteiger partial charge in [-0.15, -0.1) is 0 Å². The summed E-state index contributed by atoms with van der Waals surface area (Å²) in [5.74, 6) is 0. The molecule has 0 radical (unpaired) electrons. The molecule has 0 saturated carbocycles. The SMILES string of the molecule is O=COC1OCCc2ccccc21. The van der Waals surface area contributed by atoms with Crippen molar-refractivity contribution >= 4 is 6.47 Å². The minimum atomic E-state index is -0.512. The third-order valence-corrected chi connectivity index (χ3v) is 2.13. The lowest BCUT2D eigenvalue weighted by molar-refractivity contribution is -0.168. The van der Waals surface area contributed by atoms with E-state index in [0.717, 1.165) is 12.0 Å². The lowest BCUT2D eigenvalue weighted by Crippen LogP contribution is -2.18. The molecule has 0 aromatic heterocycles. The van der Waals surface area contributed by atoms with Crippen molar-refractivity contribution in [2.75, 3.05) is 6.61 Å². The fourth-order valence-electron chi connectivity index (χ4n) is 1.52. The highest BCUT2D eigenvalue weighted by molar-refractivity contribution is 5.39. The van der Waals surface area contributed by atoms with Gasteiger partial charge in [0, 0.05) is 5.56 Å². The van der Waals surface area contributed by atoms with E-state index in [9.17, 15) is 4.79 Å². The lowest BCUT2D eigenvalue weighted by Gasteiger charge is -2.23. The van der Waals surface area contributed by atoms with Crippen LogP contribution in [0.5, 0.6) is 0 Å². The maximum Gasteiger partial charge on any atom is 0.295 e. The van der Waals surface area contributed by atoms with Gasteiger partial charge in [-0.1, -0.05) is 24.3 Å². The van der Waals surface area contributed by atoms with Gasteiger partial charge in [0.1, 0.15) is 0 Å². The van der Waals surface area contributed by atoms with Gasteiger partial charge in [-0.2, -0.15) is 0 Å². The molecule has 0 amide bonds. The predicted octanol–water partition coefficient (Wildman–Crippen LogP) is 1.43. The highest BCUT2D eigenvalue weighted by Crippen LogP contribution is 2.26. The van der Waals surface area contributed by atoms with Crippen LogP contribution in [0.4, 0.5) is 0 Å². The molecule has 68 valence electrons. The number of carbonyl (C=O) groups excluding carboxylic acids is 1. The summed E-state index contributed by atoms with van der Waals surface area (Å²) in [6, 6.07) is 7.83. The number of hydrogen-bond donors (Lipinski definition) is 0. The van der Waals surface area contributed by atoms with Gasteiger partial charge in [-0.3, -0.25) is 4.79 Å². The molecular formula is C10H10O3. The van der Waals surface area contributed by atoms with Crippen molar-refractivity contribution in [1.29, 1.82) is 0 Å². The summed E-state index contributed by atoms with van der Waals surface area (Å²) in [6.07, 6.45) is 0.372. The number of benzene rings is 1. The molecule has 0 N–H and O–H groups in total. The number of rotatable bonds is 2. The van der Waals surface area contributed by atoms with E-state index in [1.54, 1.807) is 0 Å². The first-order valence-corrected chi connectivity index (χ1v) is 4.20. The number of ether oxygens (including phenoxy) is 2. The molecule has 2 rings (SSSR count). The first kappa shape index (κ1) is 8.26. The Balaban J connectivity index is 2.31. The van der Waals surface area contributed by atoms with Crippen LogP contribution in [0.15, 0.2) is 24.3 Å². The van der Waals surface area contributed by atoms with Crippen LogP contribution in [-0.2, 0) is 20.7 Å². The van der Waals surface area contributed by atoms with Crippen LogP contribution in [0.2, 0.25) is 0 Å². The summed E-state index contributed by atoms with van der Waals surface area (Å²) < 4.78 is 10.1. The van der Waals surface area contributed by atoms with Crippen LogP contribution < -0.4 is 0 Å². The quantitative estimate of drug-likeness (QED) is 0.642. The fraction of sp³-hybridized carbons (Fsp3) is 0.300. The van der Waals surface area contributed by atoms with Crippen LogP contribution in [0.25, 0.3) is 0 Å². The average Bonchev–Trinajstić information content (AvgIpc) is 2.19. The number of carbonyl (C=O) groups is 1. The summed E-state index contributed by atoms with van der Waals surface area (Å²) in [5.41, 5.74) is 2.15. The van der Waals surface area contributed by atoms with Crippen molar-refractivity contribution in [3.8, 4) is 0 Å². The summed E-state index contributed by atoms with van der Waals surface area (Å²) >= 11 is 0. The molecule has 3 nitrogen and oxygen atoms in total. The van der Waals surface area contributed by atoms with Crippen LogP contribution in [0.3, 0.4) is 0 Å². The molecule has 0 saturated heterocycles. The number of hydrogen-bond acceptors (Lipinski definition) is 3. The van der Waals surface area contributed by atoms with Gasteiger partial charge in [0.2, 0.25) is 6.29 Å². The van der Waals surface area contributed by atoms with E-state index in [0.29, 0.717) is 13.1 Å². The molecular weight excluding hydrogens is 168 g/mol. The molecule has 1 unspecified atom stereocenters. The van der Waals surface area contributed by atoms with E-state index in [1.165, 1.54) is 5.56 Å². The molecule has 1 aliphatic heterocycles. The maximum atomic E-state index is 10.2. The van der Waals surface area contributed by atoms with Crippen LogP contribution in [-0.4, -0.2) is 13.1 Å². The maximum absolute atomic E-state index is 10.2. The first-order chi connectivity index (χ1) is 6.42. The monoisotopic (exact) mass is 178 g/mol. The zero-order valence-corrected chi connectivity index (χ0v) is 7.10. The van der Waals surface area contributed by atoms with E-state index >= 15 is 0 Å². The predicted molar refractivity (Wildman–Crippen MR) is 46.0 cm³/mol. The molecule has 1 aromatic rings. The summed E-state index contributed by atoms with van der Waals surface area (Å²) in [6.45, 7) is 1.03. The van der Waals surface area contributed by atoms with Crippen LogP contribution in [0.1, 0.15) is 17.4 Å². The fourth-order valence-corrected chi connectivity index (χ4v) is 1.52. The van der Waals surface area contributed by atoms with E-state index < -0.39 is 6.29 Å². The standard InChI is InChI=1S/C10H10O3/c11-7-13-10-9-4-2-1-3-8(9)5-6-12-10/h1-4,7,10H,5-6H2. The van der Waals surface area contributed by atoms with Crippen molar-refractivity contribution in [1.82, 2.24) is 0 Å². The molecule has 0 bridgehead atoms. The zero-order valence-electron chi connectivity index (χ0n) is 7.10. The lowest BCUT2D eigenvalue weighted by atomic mass is 10.0. The normalized spacial score (nSPS) is 20.5. The second-order valence-corrected chi connectivity index (χ2v) is 2.88. The average molecular weight is 178 g/mol. The smallest absolute Gasteiger partial charge is 0.295 e. The Bertz CT molecular complexity index is 309. The summed E-state index contributed by atoms with van der Waals surface area (Å²) in [4.78, 5) is 10.2. The second kappa shape index (κ2) is 3.58. The Morgan fingerprint density at radius 3 is 3.15 bits per heavy atom. The van der Waals surface area contributed by atoms with Gasteiger partial charge in [0.05, 0.1) is 6.61 Å². The van der Waals surface area contributed by atoms with Gasteiger partial charge >= 0.3 is 0 Å². The van der Waals surface area contributed by atoms with Crippen LogP contribution >= 0.6 is 0 Å². The molecule has 0 fully saturated rings. The van der Waals surface area contributed by atoms with Crippen molar-refractivity contribution in [3.05, 3.63) is 35.4 Å². The van der Waals surface area contributed by atoms with Crippen molar-refractivity contribution in [2.24, 2.45) is 0 Å². The molecule has 1 heterocycles. The Morgan fingerprint density at radius 2 is 2.31 bits per heavy atom. The highest BCUT2D eigenvalue weighted by Gasteiger charge is 2.20. The zero-order chi connectivity index (χ0) is 9.10. The van der Waals surface area contributed by atoms with Crippen molar-refractivity contribution in [3.63, 3.8) is 0 Å². The highest BCUT2D eigenvalue weighted by atomic mass is 16.7. The summed E-state index contributed by atoms with van der Waals surface area (Å²) in [5, 5.41) is 0. The van der Waals surface area contributed by atoms with E-state index in [1.807, 2.05) is 24.3 Å². The van der Waals surface area contributed by atoms with E-state index in [4.69, 9.17) is 9.47 Å². The van der Waals surface area contributed by atoms with Gasteiger partial charge < -0.3 is 9.47 Å². The molecule has 13 heavy (non-hydrogen) atoms. The third-order valence-electron chi connectivity index (χ3n) is 2.13. The van der Waals surface area contributed by atoms with Gasteiger partial charge in [-0.25, -0.2) is 0 Å². The molecule has 1 aliphatic rings. The van der Waals surface area contributed by atoms with Gasteiger partial charge in [-0.05, 0) is 12.0 Å². The Kier molecular flexibility index (Phi) is 2.27. The third kappa shape index (κ3) is 1.55. The minimum absolute atomic E-state index is 0.423. The van der Waals surface area contributed by atoms with Crippen LogP contribution in [0, 0.1) is 0 Å². The van der Waals surface area contributed by atoms with Gasteiger partial charge in [0.15, 0.2) is 0 Å². The summed E-state index contributed by atoms with van der Waals surface area (Å²) in [7, 11) is 0. The Labute approximate surface area is 76.3 Å². The molecule has 0 aliphatic carbocycles. The van der Waals surface area contributed by atoms with Crippen molar-refractivity contribution < 1.29 is 14.3 Å². The number of fused-ring (bicyclic) bond motifs is 1. The molecule has 3 heteroatoms. The van der Waals surface area contributed by atoms with Crippen molar-refractivity contribution in [2.45, 2.75) is 12.7 Å². The minimum Gasteiger partial charge on any atom is -0.433 e. The van der Waals surface area contributed by atoms with E-state index in [2.05, 4.69) is 0 Å². The largest absolute Gasteiger partial charge is 0.433 e. The second-order valence-electron chi connectivity index (χ2n) is 2.88. The van der Waals surface area contributed by atoms with E-state index in [-0.39, 0.29) is 0 Å². The molecule has 1 aromatic carbocycles. The first-order valence-electron chi connectivity index (χ1n) is 4.20. The van der Waals surface area contributed by atoms with Gasteiger partial charge in [0.25, 0.3) is 6.47 Å². The Hall–Kier alpha value is -1.35. The molecule has 1 atom stereocenters.